The van der Waals surface area contributed by atoms with Crippen LogP contribution in [-0.4, -0.2) is 23.0 Å². The molecule has 0 saturated heterocycles. The zero-order valence-corrected chi connectivity index (χ0v) is 11.7. The van der Waals surface area contributed by atoms with Crippen LogP contribution in [-0.2, 0) is 11.2 Å². The number of carbonyl (C=O) groups is 2. The molecule has 1 atom stereocenters. The van der Waals surface area contributed by atoms with Crippen LogP contribution >= 0.6 is 0 Å². The highest BCUT2D eigenvalue weighted by atomic mass is 16.4. The number of carboxylic acids is 1. The number of carbonyl (C=O) groups excluding carboxylic acids is 1. The van der Waals surface area contributed by atoms with Crippen molar-refractivity contribution in [3.05, 3.63) is 59.5 Å². The van der Waals surface area contributed by atoms with Crippen molar-refractivity contribution in [3.63, 3.8) is 0 Å². The minimum absolute atomic E-state index is 0.335. The highest BCUT2D eigenvalue weighted by molar-refractivity contribution is 5.97. The Kier molecular flexibility index (Phi) is 4.77. The molecule has 0 aliphatic rings. The molecule has 5 heteroatoms. The number of aliphatic carboxylic acids is 1. The van der Waals surface area contributed by atoms with E-state index in [1.165, 1.54) is 12.3 Å². The number of hydrogen-bond donors (Lipinski definition) is 2. The third-order valence-electron chi connectivity index (χ3n) is 3.27. The van der Waals surface area contributed by atoms with Crippen LogP contribution in [0.2, 0.25) is 0 Å². The summed E-state index contributed by atoms with van der Waals surface area (Å²) in [4.78, 5) is 23.3. The first-order valence-corrected chi connectivity index (χ1v) is 6.69. The minimum atomic E-state index is -1.04. The van der Waals surface area contributed by atoms with Gasteiger partial charge in [0.1, 0.15) is 11.8 Å². The van der Waals surface area contributed by atoms with E-state index in [9.17, 15) is 14.7 Å². The lowest BCUT2D eigenvalue weighted by atomic mass is 10.0. The molecule has 0 spiro atoms. The van der Waals surface area contributed by atoms with Gasteiger partial charge in [-0.05, 0) is 31.4 Å². The fraction of sp³-hybridized carbons (Fsp3) is 0.250. The predicted octanol–water partition coefficient (Wildman–Crippen LogP) is 2.40. The third-order valence-corrected chi connectivity index (χ3v) is 3.27. The van der Waals surface area contributed by atoms with Crippen LogP contribution in [0.15, 0.2) is 47.1 Å². The first-order valence-electron chi connectivity index (χ1n) is 6.69. The summed E-state index contributed by atoms with van der Waals surface area (Å²) in [7, 11) is 0. The average molecular weight is 287 g/mol. The van der Waals surface area contributed by atoms with Gasteiger partial charge in [-0.2, -0.15) is 0 Å². The lowest BCUT2D eigenvalue weighted by Crippen LogP contribution is -2.41. The van der Waals surface area contributed by atoms with Crippen LogP contribution in [0.5, 0.6) is 0 Å². The van der Waals surface area contributed by atoms with E-state index in [0.29, 0.717) is 24.2 Å². The second kappa shape index (κ2) is 6.74. The molecule has 110 valence electrons. The second-order valence-corrected chi connectivity index (χ2v) is 4.78. The number of hydrogen-bond acceptors (Lipinski definition) is 3. The number of carboxylic acid groups (broad SMARTS) is 1. The molecule has 1 aromatic heterocycles. The molecule has 2 N–H and O–H groups in total. The maximum atomic E-state index is 12.0. The molecule has 1 amide bonds. The van der Waals surface area contributed by atoms with Crippen molar-refractivity contribution < 1.29 is 19.1 Å². The smallest absolute Gasteiger partial charge is 0.326 e. The molecule has 0 fully saturated rings. The molecule has 0 aliphatic heterocycles. The number of amides is 1. The van der Waals surface area contributed by atoms with Crippen LogP contribution in [0.1, 0.15) is 28.1 Å². The molecule has 5 nitrogen and oxygen atoms in total. The lowest BCUT2D eigenvalue weighted by molar-refractivity contribution is -0.139. The summed E-state index contributed by atoms with van der Waals surface area (Å²) in [6, 6.07) is 10.2. The minimum Gasteiger partial charge on any atom is -0.480 e. The normalized spacial score (nSPS) is 11.9. The highest BCUT2D eigenvalue weighted by Crippen LogP contribution is 2.10. The Hall–Kier alpha value is -2.56. The molecular formula is C16H17NO4. The van der Waals surface area contributed by atoms with Gasteiger partial charge in [-0.25, -0.2) is 4.79 Å². The molecule has 0 radical (unpaired) electrons. The molecule has 2 aromatic rings. The molecule has 21 heavy (non-hydrogen) atoms. The predicted molar refractivity (Wildman–Crippen MR) is 77.1 cm³/mol. The summed E-state index contributed by atoms with van der Waals surface area (Å²) in [5.41, 5.74) is 1.40. The number of benzene rings is 1. The van der Waals surface area contributed by atoms with Crippen LogP contribution in [0.3, 0.4) is 0 Å². The van der Waals surface area contributed by atoms with Crippen molar-refractivity contribution in [1.82, 2.24) is 5.32 Å². The van der Waals surface area contributed by atoms with Gasteiger partial charge in [0.25, 0.3) is 5.91 Å². The van der Waals surface area contributed by atoms with Gasteiger partial charge in [0.2, 0.25) is 0 Å². The summed E-state index contributed by atoms with van der Waals surface area (Å²) in [6.45, 7) is 1.66. The van der Waals surface area contributed by atoms with Gasteiger partial charge in [-0.3, -0.25) is 4.79 Å². The summed E-state index contributed by atoms with van der Waals surface area (Å²) in [5, 5.41) is 11.8. The Morgan fingerprint density at radius 1 is 1.24 bits per heavy atom. The number of furan rings is 1. The van der Waals surface area contributed by atoms with Crippen LogP contribution in [0, 0.1) is 6.92 Å². The lowest BCUT2D eigenvalue weighted by Gasteiger charge is -2.14. The van der Waals surface area contributed by atoms with Gasteiger partial charge >= 0.3 is 5.97 Å². The molecule has 1 aromatic carbocycles. The van der Waals surface area contributed by atoms with E-state index in [1.807, 2.05) is 30.3 Å². The summed E-state index contributed by atoms with van der Waals surface area (Å²) >= 11 is 0. The zero-order chi connectivity index (χ0) is 15.2. The van der Waals surface area contributed by atoms with E-state index in [4.69, 9.17) is 4.42 Å². The Morgan fingerprint density at radius 3 is 2.52 bits per heavy atom. The fourth-order valence-electron chi connectivity index (χ4n) is 2.07. The molecule has 1 heterocycles. The molecular weight excluding hydrogens is 270 g/mol. The molecule has 0 aliphatic carbocycles. The number of aryl methyl sites for hydroxylation is 2. The maximum absolute atomic E-state index is 12.0. The molecule has 0 unspecified atom stereocenters. The van der Waals surface area contributed by atoms with Gasteiger partial charge < -0.3 is 14.8 Å². The first kappa shape index (κ1) is 14.8. The third kappa shape index (κ3) is 3.95. The van der Waals surface area contributed by atoms with E-state index in [1.54, 1.807) is 6.92 Å². The van der Waals surface area contributed by atoms with Gasteiger partial charge in [0.15, 0.2) is 0 Å². The van der Waals surface area contributed by atoms with Gasteiger partial charge in [0.05, 0.1) is 11.8 Å². The Labute approximate surface area is 122 Å². The van der Waals surface area contributed by atoms with Crippen molar-refractivity contribution in [2.75, 3.05) is 0 Å². The molecule has 2 rings (SSSR count). The van der Waals surface area contributed by atoms with Crippen molar-refractivity contribution >= 4 is 11.9 Å². The average Bonchev–Trinajstić information content (AvgIpc) is 2.90. The van der Waals surface area contributed by atoms with Crippen molar-refractivity contribution in [3.8, 4) is 0 Å². The Bertz CT molecular complexity index is 618. The summed E-state index contributed by atoms with van der Waals surface area (Å²) in [5.74, 6) is -0.998. The van der Waals surface area contributed by atoms with Crippen LogP contribution < -0.4 is 5.32 Å². The van der Waals surface area contributed by atoms with E-state index >= 15 is 0 Å². The Morgan fingerprint density at radius 2 is 1.95 bits per heavy atom. The first-order chi connectivity index (χ1) is 10.1. The largest absolute Gasteiger partial charge is 0.480 e. The zero-order valence-electron chi connectivity index (χ0n) is 11.7. The second-order valence-electron chi connectivity index (χ2n) is 4.78. The highest BCUT2D eigenvalue weighted by Gasteiger charge is 2.22. The van der Waals surface area contributed by atoms with Gasteiger partial charge in [0, 0.05) is 0 Å². The van der Waals surface area contributed by atoms with E-state index in [0.717, 1.165) is 5.56 Å². The van der Waals surface area contributed by atoms with Crippen LogP contribution in [0.4, 0.5) is 0 Å². The van der Waals surface area contributed by atoms with Crippen LogP contribution in [0.25, 0.3) is 0 Å². The summed E-state index contributed by atoms with van der Waals surface area (Å²) in [6.07, 6.45) is 2.33. The topological polar surface area (TPSA) is 79.5 Å². The fourth-order valence-corrected chi connectivity index (χ4v) is 2.07. The quantitative estimate of drug-likeness (QED) is 0.855. The Balaban J connectivity index is 1.98. The van der Waals surface area contributed by atoms with E-state index in [-0.39, 0.29) is 0 Å². The van der Waals surface area contributed by atoms with Crippen molar-refractivity contribution in [2.24, 2.45) is 0 Å². The van der Waals surface area contributed by atoms with Crippen molar-refractivity contribution in [1.29, 1.82) is 0 Å². The SMILES string of the molecule is Cc1occc1C(=O)N[C@@H](CCc1ccccc1)C(=O)O. The van der Waals surface area contributed by atoms with Crippen molar-refractivity contribution in [2.45, 2.75) is 25.8 Å². The standard InChI is InChI=1S/C16H17NO4/c1-11-13(9-10-21-11)15(18)17-14(16(19)20)8-7-12-5-3-2-4-6-12/h2-6,9-10,14H,7-8H2,1H3,(H,17,18)(H,19,20)/t14-/m0/s1. The summed E-state index contributed by atoms with van der Waals surface area (Å²) < 4.78 is 5.05. The monoisotopic (exact) mass is 287 g/mol. The maximum Gasteiger partial charge on any atom is 0.326 e. The van der Waals surface area contributed by atoms with Gasteiger partial charge in [-0.1, -0.05) is 30.3 Å². The van der Waals surface area contributed by atoms with E-state index in [2.05, 4.69) is 5.32 Å². The number of rotatable bonds is 6. The van der Waals surface area contributed by atoms with E-state index < -0.39 is 17.9 Å². The molecule has 0 bridgehead atoms. The van der Waals surface area contributed by atoms with Gasteiger partial charge in [-0.15, -0.1) is 0 Å². The number of nitrogens with one attached hydrogen (secondary N) is 1. The molecule has 0 saturated carbocycles.